The van der Waals surface area contributed by atoms with E-state index in [0.717, 1.165) is 12.1 Å². The Kier molecular flexibility index (Phi) is 1.27. The summed E-state index contributed by atoms with van der Waals surface area (Å²) >= 11 is 0. The molecule has 0 aliphatic heterocycles. The van der Waals surface area contributed by atoms with Crippen LogP contribution in [0.15, 0.2) is 16.7 Å². The minimum atomic E-state index is -0.773. The summed E-state index contributed by atoms with van der Waals surface area (Å²) in [6.07, 6.45) is 0. The topological polar surface area (TPSA) is 52.0 Å². The number of nitrogens with two attached hydrogens (primary N) is 1. The molecule has 0 atom stereocenters. The van der Waals surface area contributed by atoms with Crippen LogP contribution in [0.1, 0.15) is 0 Å². The van der Waals surface area contributed by atoms with Crippen LogP contribution in [0, 0.1) is 11.6 Å². The standard InChI is InChI=1S/C7H4F2N2O/c8-3-1-4-6(5(9)2-3)11-12-7(4)10/h1-2H,10H2. The number of benzene rings is 1. The third kappa shape index (κ3) is 0.827. The molecule has 1 heterocycles. The van der Waals surface area contributed by atoms with Crippen molar-refractivity contribution in [2.75, 3.05) is 5.73 Å². The normalized spacial score (nSPS) is 10.8. The molecule has 3 nitrogen and oxygen atoms in total. The molecule has 62 valence electrons. The minimum absolute atomic E-state index is 0.0473. The number of hydrogen-bond acceptors (Lipinski definition) is 3. The van der Waals surface area contributed by atoms with Crippen molar-refractivity contribution in [3.63, 3.8) is 0 Å². The lowest BCUT2D eigenvalue weighted by atomic mass is 10.2. The molecule has 0 amide bonds. The smallest absolute Gasteiger partial charge is 0.230 e. The van der Waals surface area contributed by atoms with Crippen molar-refractivity contribution >= 4 is 16.8 Å². The molecule has 0 saturated carbocycles. The Morgan fingerprint density at radius 1 is 1.33 bits per heavy atom. The molecule has 0 radical (unpaired) electrons. The number of halogens is 2. The number of hydrogen-bond donors (Lipinski definition) is 1. The second-order valence-electron chi connectivity index (χ2n) is 2.33. The summed E-state index contributed by atoms with van der Waals surface area (Å²) in [5.74, 6) is -1.55. The molecule has 2 N–H and O–H groups in total. The number of fused-ring (bicyclic) bond motifs is 1. The number of rotatable bonds is 0. The summed E-state index contributed by atoms with van der Waals surface area (Å²) in [4.78, 5) is 0. The lowest BCUT2D eigenvalue weighted by Crippen LogP contribution is -1.84. The molecule has 12 heavy (non-hydrogen) atoms. The van der Waals surface area contributed by atoms with Gasteiger partial charge in [-0.15, -0.1) is 0 Å². The van der Waals surface area contributed by atoms with Crippen LogP contribution in [-0.4, -0.2) is 5.16 Å². The molecule has 2 aromatic rings. The van der Waals surface area contributed by atoms with Crippen LogP contribution in [0.25, 0.3) is 10.9 Å². The van der Waals surface area contributed by atoms with E-state index in [1.54, 1.807) is 0 Å². The first-order valence-corrected chi connectivity index (χ1v) is 3.18. The van der Waals surface area contributed by atoms with Crippen molar-refractivity contribution in [3.8, 4) is 0 Å². The molecule has 0 saturated heterocycles. The van der Waals surface area contributed by atoms with E-state index in [-0.39, 0.29) is 16.8 Å². The van der Waals surface area contributed by atoms with Crippen molar-refractivity contribution in [3.05, 3.63) is 23.8 Å². The molecule has 2 rings (SSSR count). The Hall–Kier alpha value is -1.65. The molecule has 0 fully saturated rings. The SMILES string of the molecule is Nc1onc2c(F)cc(F)cc12. The fourth-order valence-corrected chi connectivity index (χ4v) is 0.991. The van der Waals surface area contributed by atoms with Crippen molar-refractivity contribution < 1.29 is 13.3 Å². The van der Waals surface area contributed by atoms with Crippen molar-refractivity contribution in [2.45, 2.75) is 0 Å². The van der Waals surface area contributed by atoms with Crippen LogP contribution >= 0.6 is 0 Å². The van der Waals surface area contributed by atoms with Gasteiger partial charge in [0.25, 0.3) is 0 Å². The first-order valence-electron chi connectivity index (χ1n) is 3.18. The largest absolute Gasteiger partial charge is 0.367 e. The number of nitrogen functional groups attached to an aromatic ring is 1. The minimum Gasteiger partial charge on any atom is -0.367 e. The Morgan fingerprint density at radius 2 is 2.08 bits per heavy atom. The fraction of sp³-hybridized carbons (Fsp3) is 0. The van der Waals surface area contributed by atoms with E-state index in [1.165, 1.54) is 0 Å². The molecule has 0 unspecified atom stereocenters. The maximum absolute atomic E-state index is 12.8. The highest BCUT2D eigenvalue weighted by Crippen LogP contribution is 2.23. The molecular formula is C7H4F2N2O. The Morgan fingerprint density at radius 3 is 2.83 bits per heavy atom. The highest BCUT2D eigenvalue weighted by molar-refractivity contribution is 5.87. The molecule has 0 spiro atoms. The lowest BCUT2D eigenvalue weighted by Gasteiger charge is -1.90. The zero-order chi connectivity index (χ0) is 8.72. The quantitative estimate of drug-likeness (QED) is 0.654. The van der Waals surface area contributed by atoms with E-state index in [2.05, 4.69) is 9.68 Å². The van der Waals surface area contributed by atoms with Crippen molar-refractivity contribution in [1.82, 2.24) is 5.16 Å². The van der Waals surface area contributed by atoms with Crippen molar-refractivity contribution in [1.29, 1.82) is 0 Å². The summed E-state index contributed by atoms with van der Waals surface area (Å²) in [6.45, 7) is 0. The van der Waals surface area contributed by atoms with E-state index < -0.39 is 11.6 Å². The van der Waals surface area contributed by atoms with E-state index >= 15 is 0 Å². The Labute approximate surface area is 65.7 Å². The Bertz CT molecular complexity index is 438. The van der Waals surface area contributed by atoms with Gasteiger partial charge in [-0.05, 0) is 6.07 Å². The predicted molar refractivity (Wildman–Crippen MR) is 38.3 cm³/mol. The van der Waals surface area contributed by atoms with E-state index in [0.29, 0.717) is 0 Å². The molecule has 1 aromatic carbocycles. The van der Waals surface area contributed by atoms with Gasteiger partial charge in [-0.25, -0.2) is 8.78 Å². The van der Waals surface area contributed by atoms with Gasteiger partial charge in [-0.3, -0.25) is 0 Å². The molecule has 5 heteroatoms. The second kappa shape index (κ2) is 2.17. The summed E-state index contributed by atoms with van der Waals surface area (Å²) in [6, 6.07) is 1.80. The molecule has 0 aliphatic rings. The maximum atomic E-state index is 12.8. The zero-order valence-electron chi connectivity index (χ0n) is 5.84. The molecule has 1 aromatic heterocycles. The van der Waals surface area contributed by atoms with Gasteiger partial charge in [0.2, 0.25) is 5.88 Å². The molecule has 0 aliphatic carbocycles. The second-order valence-corrected chi connectivity index (χ2v) is 2.33. The van der Waals surface area contributed by atoms with Crippen molar-refractivity contribution in [2.24, 2.45) is 0 Å². The van der Waals surface area contributed by atoms with Crippen LogP contribution in [0.3, 0.4) is 0 Å². The van der Waals surface area contributed by atoms with Gasteiger partial charge in [-0.2, -0.15) is 0 Å². The number of anilines is 1. The fourth-order valence-electron chi connectivity index (χ4n) is 0.991. The third-order valence-corrected chi connectivity index (χ3v) is 1.53. The van der Waals surface area contributed by atoms with Crippen LogP contribution in [-0.2, 0) is 0 Å². The van der Waals surface area contributed by atoms with Gasteiger partial charge in [-0.1, -0.05) is 5.16 Å². The summed E-state index contributed by atoms with van der Waals surface area (Å²) in [5, 5.41) is 3.48. The van der Waals surface area contributed by atoms with Crippen LogP contribution in [0.5, 0.6) is 0 Å². The van der Waals surface area contributed by atoms with Gasteiger partial charge in [0.1, 0.15) is 5.82 Å². The number of nitrogens with zero attached hydrogens (tertiary/aromatic N) is 1. The van der Waals surface area contributed by atoms with E-state index in [9.17, 15) is 8.78 Å². The van der Waals surface area contributed by atoms with Crippen LogP contribution < -0.4 is 5.73 Å². The van der Waals surface area contributed by atoms with Gasteiger partial charge >= 0.3 is 0 Å². The van der Waals surface area contributed by atoms with Gasteiger partial charge in [0, 0.05) is 6.07 Å². The van der Waals surface area contributed by atoms with Gasteiger partial charge in [0.15, 0.2) is 11.3 Å². The monoisotopic (exact) mass is 170 g/mol. The van der Waals surface area contributed by atoms with E-state index in [4.69, 9.17) is 5.73 Å². The first-order chi connectivity index (χ1) is 5.68. The average molecular weight is 170 g/mol. The highest BCUT2D eigenvalue weighted by Gasteiger charge is 2.11. The van der Waals surface area contributed by atoms with Crippen LogP contribution in [0.4, 0.5) is 14.7 Å². The highest BCUT2D eigenvalue weighted by atomic mass is 19.1. The van der Waals surface area contributed by atoms with Crippen LogP contribution in [0.2, 0.25) is 0 Å². The molecule has 0 bridgehead atoms. The zero-order valence-corrected chi connectivity index (χ0v) is 5.84. The Balaban J connectivity index is 2.92. The van der Waals surface area contributed by atoms with Gasteiger partial charge in [0.05, 0.1) is 5.39 Å². The maximum Gasteiger partial charge on any atom is 0.230 e. The average Bonchev–Trinajstić information content (AvgIpc) is 2.33. The summed E-state index contributed by atoms with van der Waals surface area (Å²) in [7, 11) is 0. The lowest BCUT2D eigenvalue weighted by molar-refractivity contribution is 0.441. The summed E-state index contributed by atoms with van der Waals surface area (Å²) in [5.41, 5.74) is 5.20. The number of aromatic nitrogens is 1. The van der Waals surface area contributed by atoms with E-state index in [1.807, 2.05) is 0 Å². The first kappa shape index (κ1) is 7.02. The third-order valence-electron chi connectivity index (χ3n) is 1.53. The molecular weight excluding hydrogens is 166 g/mol. The van der Waals surface area contributed by atoms with Gasteiger partial charge < -0.3 is 10.3 Å². The summed E-state index contributed by atoms with van der Waals surface area (Å²) < 4.78 is 29.9. The predicted octanol–water partition coefficient (Wildman–Crippen LogP) is 1.69.